The Labute approximate surface area is 99.9 Å². The zero-order valence-corrected chi connectivity index (χ0v) is 9.90. The number of nitrogens with two attached hydrogens (primary N) is 1. The minimum Gasteiger partial charge on any atom is -0.469 e. The van der Waals surface area contributed by atoms with Crippen LogP contribution in [0, 0.1) is 5.92 Å². The van der Waals surface area contributed by atoms with Gasteiger partial charge in [0.1, 0.15) is 0 Å². The van der Waals surface area contributed by atoms with Gasteiger partial charge >= 0.3 is 5.97 Å². The van der Waals surface area contributed by atoms with Gasteiger partial charge in [-0.15, -0.1) is 0 Å². The number of ether oxygens (including phenoxy) is 1. The van der Waals surface area contributed by atoms with Crippen molar-refractivity contribution in [3.05, 3.63) is 29.8 Å². The number of hydrogen-bond acceptors (Lipinski definition) is 4. The average Bonchev–Trinajstić information content (AvgIpc) is 2.35. The van der Waals surface area contributed by atoms with Crippen LogP contribution in [0.5, 0.6) is 0 Å². The fraction of sp³-hybridized carbons (Fsp3) is 0.333. The van der Waals surface area contributed by atoms with Crippen molar-refractivity contribution in [2.24, 2.45) is 11.7 Å². The van der Waals surface area contributed by atoms with Gasteiger partial charge in [0.15, 0.2) is 0 Å². The highest BCUT2D eigenvalue weighted by molar-refractivity contribution is 5.93. The molecule has 0 saturated carbocycles. The monoisotopic (exact) mass is 236 g/mol. The van der Waals surface area contributed by atoms with Crippen LogP contribution in [0.25, 0.3) is 0 Å². The highest BCUT2D eigenvalue weighted by atomic mass is 16.5. The molecule has 1 atom stereocenters. The minimum atomic E-state index is -0.477. The summed E-state index contributed by atoms with van der Waals surface area (Å²) in [4.78, 5) is 22.1. The highest BCUT2D eigenvalue weighted by Crippen LogP contribution is 2.11. The van der Waals surface area contributed by atoms with Gasteiger partial charge < -0.3 is 15.8 Å². The molecule has 1 aromatic rings. The van der Waals surface area contributed by atoms with Crippen LogP contribution in [0.2, 0.25) is 0 Å². The fourth-order valence-electron chi connectivity index (χ4n) is 1.34. The Morgan fingerprint density at radius 2 is 2.18 bits per heavy atom. The Morgan fingerprint density at radius 1 is 1.47 bits per heavy atom. The van der Waals surface area contributed by atoms with Crippen molar-refractivity contribution < 1.29 is 14.3 Å². The van der Waals surface area contributed by atoms with Gasteiger partial charge in [-0.3, -0.25) is 9.59 Å². The second-order valence-electron chi connectivity index (χ2n) is 3.75. The van der Waals surface area contributed by atoms with E-state index < -0.39 is 5.91 Å². The quantitative estimate of drug-likeness (QED) is 0.747. The maximum atomic E-state index is 11.2. The standard InChI is InChI=1S/C12H16N2O3/c1-8(12(16)17-2)7-14-10-5-3-4-9(6-10)11(13)15/h3-6,8,14H,7H2,1-2H3,(H2,13,15). The Morgan fingerprint density at radius 3 is 2.76 bits per heavy atom. The maximum Gasteiger partial charge on any atom is 0.310 e. The molecule has 17 heavy (non-hydrogen) atoms. The van der Waals surface area contributed by atoms with Gasteiger partial charge in [0, 0.05) is 17.8 Å². The second kappa shape index (κ2) is 5.89. The van der Waals surface area contributed by atoms with Crippen molar-refractivity contribution in [2.45, 2.75) is 6.92 Å². The van der Waals surface area contributed by atoms with Crippen LogP contribution in [0.1, 0.15) is 17.3 Å². The third-order valence-electron chi connectivity index (χ3n) is 2.36. The predicted molar refractivity (Wildman–Crippen MR) is 64.6 cm³/mol. The largest absolute Gasteiger partial charge is 0.469 e. The van der Waals surface area contributed by atoms with E-state index in [1.807, 2.05) is 0 Å². The molecule has 3 N–H and O–H groups in total. The highest BCUT2D eigenvalue weighted by Gasteiger charge is 2.12. The van der Waals surface area contributed by atoms with Gasteiger partial charge in [-0.05, 0) is 18.2 Å². The molecule has 1 aromatic carbocycles. The Kier molecular flexibility index (Phi) is 4.51. The number of rotatable bonds is 5. The SMILES string of the molecule is COC(=O)C(C)CNc1cccc(C(N)=O)c1. The van der Waals surface area contributed by atoms with Crippen molar-refractivity contribution in [2.75, 3.05) is 19.0 Å². The molecule has 0 saturated heterocycles. The first-order valence-corrected chi connectivity index (χ1v) is 5.26. The summed E-state index contributed by atoms with van der Waals surface area (Å²) in [5.41, 5.74) is 6.35. The molecule has 0 aliphatic carbocycles. The first-order chi connectivity index (χ1) is 8.04. The Balaban J connectivity index is 2.60. The number of methoxy groups -OCH3 is 1. The van der Waals surface area contributed by atoms with E-state index in [1.165, 1.54) is 7.11 Å². The minimum absolute atomic E-state index is 0.253. The summed E-state index contributed by atoms with van der Waals surface area (Å²) in [5.74, 6) is -1.00. The van der Waals surface area contributed by atoms with E-state index in [0.29, 0.717) is 12.1 Å². The van der Waals surface area contributed by atoms with Crippen LogP contribution >= 0.6 is 0 Å². The lowest BCUT2D eigenvalue weighted by atomic mass is 10.1. The van der Waals surface area contributed by atoms with E-state index in [4.69, 9.17) is 5.73 Å². The molecule has 1 rings (SSSR count). The fourth-order valence-corrected chi connectivity index (χ4v) is 1.34. The summed E-state index contributed by atoms with van der Waals surface area (Å²) in [5, 5.41) is 3.05. The average molecular weight is 236 g/mol. The summed E-state index contributed by atoms with van der Waals surface area (Å²) in [7, 11) is 1.35. The first kappa shape index (κ1) is 13.0. The van der Waals surface area contributed by atoms with Gasteiger partial charge in [0.2, 0.25) is 5.91 Å². The summed E-state index contributed by atoms with van der Waals surface area (Å²) >= 11 is 0. The molecular formula is C12H16N2O3. The Hall–Kier alpha value is -2.04. The van der Waals surface area contributed by atoms with Crippen LogP contribution < -0.4 is 11.1 Å². The Bertz CT molecular complexity index is 418. The number of primary amides is 1. The summed E-state index contributed by atoms with van der Waals surface area (Å²) in [6.45, 7) is 2.20. The number of carbonyl (C=O) groups is 2. The van der Waals surface area contributed by atoms with E-state index >= 15 is 0 Å². The van der Waals surface area contributed by atoms with Gasteiger partial charge in [-0.2, -0.15) is 0 Å². The van der Waals surface area contributed by atoms with Gasteiger partial charge in [-0.25, -0.2) is 0 Å². The normalized spacial score (nSPS) is 11.6. The van der Waals surface area contributed by atoms with Crippen molar-refractivity contribution in [1.29, 1.82) is 0 Å². The zero-order chi connectivity index (χ0) is 12.8. The molecule has 5 nitrogen and oxygen atoms in total. The van der Waals surface area contributed by atoms with Crippen molar-refractivity contribution >= 4 is 17.6 Å². The first-order valence-electron chi connectivity index (χ1n) is 5.26. The van der Waals surface area contributed by atoms with E-state index in [0.717, 1.165) is 5.69 Å². The molecule has 0 radical (unpaired) electrons. The lowest BCUT2D eigenvalue weighted by Gasteiger charge is -2.11. The molecule has 1 unspecified atom stereocenters. The molecule has 1 amide bonds. The number of carbonyl (C=O) groups excluding carboxylic acids is 2. The van der Waals surface area contributed by atoms with Crippen LogP contribution in [0.3, 0.4) is 0 Å². The maximum absolute atomic E-state index is 11.2. The molecule has 5 heteroatoms. The number of esters is 1. The molecular weight excluding hydrogens is 220 g/mol. The van der Waals surface area contributed by atoms with Crippen molar-refractivity contribution in [3.8, 4) is 0 Å². The van der Waals surface area contributed by atoms with Crippen LogP contribution in [0.15, 0.2) is 24.3 Å². The van der Waals surface area contributed by atoms with E-state index in [-0.39, 0.29) is 11.9 Å². The molecule has 92 valence electrons. The molecule has 0 spiro atoms. The van der Waals surface area contributed by atoms with E-state index in [2.05, 4.69) is 10.1 Å². The summed E-state index contributed by atoms with van der Waals surface area (Å²) in [6.07, 6.45) is 0. The summed E-state index contributed by atoms with van der Waals surface area (Å²) in [6, 6.07) is 6.81. The topological polar surface area (TPSA) is 81.4 Å². The number of nitrogens with one attached hydrogen (secondary N) is 1. The second-order valence-corrected chi connectivity index (χ2v) is 3.75. The smallest absolute Gasteiger partial charge is 0.310 e. The number of amides is 1. The molecule has 0 aliphatic heterocycles. The summed E-state index contributed by atoms with van der Waals surface area (Å²) < 4.78 is 4.61. The number of benzene rings is 1. The van der Waals surface area contributed by atoms with Crippen LogP contribution in [-0.4, -0.2) is 25.5 Å². The third-order valence-corrected chi connectivity index (χ3v) is 2.36. The molecule has 0 bridgehead atoms. The molecule has 0 fully saturated rings. The number of anilines is 1. The van der Waals surface area contributed by atoms with Gasteiger partial charge in [0.05, 0.1) is 13.0 Å². The predicted octanol–water partition coefficient (Wildman–Crippen LogP) is 1.01. The van der Waals surface area contributed by atoms with Gasteiger partial charge in [0.25, 0.3) is 0 Å². The van der Waals surface area contributed by atoms with E-state index in [1.54, 1.807) is 31.2 Å². The zero-order valence-electron chi connectivity index (χ0n) is 9.90. The van der Waals surface area contributed by atoms with Crippen LogP contribution in [0.4, 0.5) is 5.69 Å². The van der Waals surface area contributed by atoms with Crippen molar-refractivity contribution in [1.82, 2.24) is 0 Å². The molecule has 0 aromatic heterocycles. The van der Waals surface area contributed by atoms with Crippen molar-refractivity contribution in [3.63, 3.8) is 0 Å². The lowest BCUT2D eigenvalue weighted by molar-refractivity contribution is -0.144. The molecule has 0 heterocycles. The third kappa shape index (κ3) is 3.79. The van der Waals surface area contributed by atoms with E-state index in [9.17, 15) is 9.59 Å². The molecule has 0 aliphatic rings. The number of hydrogen-bond donors (Lipinski definition) is 2. The van der Waals surface area contributed by atoms with Gasteiger partial charge in [-0.1, -0.05) is 13.0 Å². The van der Waals surface area contributed by atoms with Crippen LogP contribution in [-0.2, 0) is 9.53 Å². The lowest BCUT2D eigenvalue weighted by Crippen LogP contribution is -2.21.